The van der Waals surface area contributed by atoms with Gasteiger partial charge in [0, 0.05) is 0 Å². The van der Waals surface area contributed by atoms with E-state index in [-0.39, 0.29) is 12.1 Å². The highest BCUT2D eigenvalue weighted by Gasteiger charge is 2.11. The van der Waals surface area contributed by atoms with E-state index in [0.717, 1.165) is 0 Å². The third-order valence-corrected chi connectivity index (χ3v) is 2.75. The van der Waals surface area contributed by atoms with Crippen molar-refractivity contribution in [2.45, 2.75) is 6.92 Å². The molecule has 0 saturated carbocycles. The van der Waals surface area contributed by atoms with E-state index in [0.29, 0.717) is 11.5 Å². The van der Waals surface area contributed by atoms with E-state index in [1.54, 1.807) is 19.1 Å². The van der Waals surface area contributed by atoms with Gasteiger partial charge in [-0.25, -0.2) is 9.82 Å². The van der Waals surface area contributed by atoms with Crippen LogP contribution < -0.4 is 10.7 Å². The van der Waals surface area contributed by atoms with E-state index >= 15 is 0 Å². The Morgan fingerprint density at radius 1 is 1.23 bits per heavy atom. The van der Waals surface area contributed by atoms with Crippen molar-refractivity contribution in [2.24, 2.45) is 5.10 Å². The molecule has 6 nitrogen and oxygen atoms in total. The van der Waals surface area contributed by atoms with Crippen molar-refractivity contribution < 1.29 is 18.4 Å². The second-order valence-electron chi connectivity index (χ2n) is 4.37. The summed E-state index contributed by atoms with van der Waals surface area (Å²) in [6.45, 7) is 1.35. The monoisotopic (exact) mass is 303 g/mol. The van der Waals surface area contributed by atoms with Gasteiger partial charge in [-0.1, -0.05) is 12.1 Å². The quantitative estimate of drug-likeness (QED) is 0.651. The van der Waals surface area contributed by atoms with Crippen molar-refractivity contribution in [3.63, 3.8) is 0 Å². The third kappa shape index (κ3) is 4.02. The van der Waals surface area contributed by atoms with Gasteiger partial charge in [0.1, 0.15) is 17.3 Å². The predicted octanol–water partition coefficient (Wildman–Crippen LogP) is 1.69. The molecule has 22 heavy (non-hydrogen) atoms. The standard InChI is InChI=1S/C15H14FN3O3/c1-10(13-7-4-8-22-13)18-19-14(20)9-17-15(21)11-5-2-3-6-12(11)16/h2-8H,9H2,1H3,(H,17,21)(H,19,20)/b18-10-. The van der Waals surface area contributed by atoms with Crippen molar-refractivity contribution in [3.8, 4) is 0 Å². The average molecular weight is 303 g/mol. The minimum atomic E-state index is -0.667. The summed E-state index contributed by atoms with van der Waals surface area (Å²) >= 11 is 0. The molecule has 2 amide bonds. The van der Waals surface area contributed by atoms with E-state index in [4.69, 9.17) is 4.42 Å². The van der Waals surface area contributed by atoms with Gasteiger partial charge < -0.3 is 9.73 Å². The van der Waals surface area contributed by atoms with Crippen LogP contribution in [0, 0.1) is 5.82 Å². The first kappa shape index (κ1) is 15.4. The van der Waals surface area contributed by atoms with Crippen LogP contribution in [-0.2, 0) is 4.79 Å². The summed E-state index contributed by atoms with van der Waals surface area (Å²) in [6.07, 6.45) is 1.49. The van der Waals surface area contributed by atoms with Crippen molar-refractivity contribution in [2.75, 3.05) is 6.54 Å². The molecule has 114 valence electrons. The maximum atomic E-state index is 13.4. The largest absolute Gasteiger partial charge is 0.463 e. The first-order valence-corrected chi connectivity index (χ1v) is 6.47. The lowest BCUT2D eigenvalue weighted by molar-refractivity contribution is -0.120. The number of furan rings is 1. The summed E-state index contributed by atoms with van der Waals surface area (Å²) in [7, 11) is 0. The molecule has 0 aliphatic carbocycles. The molecule has 0 atom stereocenters. The van der Waals surface area contributed by atoms with Crippen LogP contribution in [0.15, 0.2) is 52.2 Å². The van der Waals surface area contributed by atoms with Crippen molar-refractivity contribution in [3.05, 3.63) is 59.8 Å². The highest BCUT2D eigenvalue weighted by atomic mass is 19.1. The zero-order valence-electron chi connectivity index (χ0n) is 11.8. The molecule has 1 heterocycles. The fourth-order valence-corrected chi connectivity index (χ4v) is 1.63. The van der Waals surface area contributed by atoms with Gasteiger partial charge in [-0.05, 0) is 31.2 Å². The molecule has 0 bridgehead atoms. The van der Waals surface area contributed by atoms with Crippen LogP contribution in [0.25, 0.3) is 0 Å². The lowest BCUT2D eigenvalue weighted by Gasteiger charge is -2.05. The Balaban J connectivity index is 1.84. The van der Waals surface area contributed by atoms with E-state index in [1.807, 2.05) is 0 Å². The van der Waals surface area contributed by atoms with Gasteiger partial charge in [0.25, 0.3) is 11.8 Å². The molecule has 0 saturated heterocycles. The molecule has 2 N–H and O–H groups in total. The molecular weight excluding hydrogens is 289 g/mol. The van der Waals surface area contributed by atoms with Gasteiger partial charge in [-0.3, -0.25) is 9.59 Å². The molecule has 7 heteroatoms. The van der Waals surface area contributed by atoms with Crippen LogP contribution in [0.1, 0.15) is 23.0 Å². The third-order valence-electron chi connectivity index (χ3n) is 2.75. The smallest absolute Gasteiger partial charge is 0.259 e. The number of hydrogen-bond donors (Lipinski definition) is 2. The molecular formula is C15H14FN3O3. The molecule has 0 aliphatic heterocycles. The topological polar surface area (TPSA) is 83.7 Å². The number of amides is 2. The molecule has 0 aliphatic rings. The number of hydrazone groups is 1. The Morgan fingerprint density at radius 2 is 2.00 bits per heavy atom. The summed E-state index contributed by atoms with van der Waals surface area (Å²) in [4.78, 5) is 23.3. The average Bonchev–Trinajstić information content (AvgIpc) is 3.05. The number of rotatable bonds is 5. The molecule has 2 rings (SSSR count). The molecule has 0 spiro atoms. The van der Waals surface area contributed by atoms with Crippen LogP contribution in [0.2, 0.25) is 0 Å². The molecule has 0 radical (unpaired) electrons. The first-order chi connectivity index (χ1) is 10.6. The van der Waals surface area contributed by atoms with Crippen LogP contribution in [0.3, 0.4) is 0 Å². The highest BCUT2D eigenvalue weighted by molar-refractivity contribution is 5.98. The highest BCUT2D eigenvalue weighted by Crippen LogP contribution is 2.05. The molecule has 0 unspecified atom stereocenters. The van der Waals surface area contributed by atoms with Crippen LogP contribution in [0.5, 0.6) is 0 Å². The van der Waals surface area contributed by atoms with Gasteiger partial charge in [0.2, 0.25) is 0 Å². The van der Waals surface area contributed by atoms with Gasteiger partial charge in [0.05, 0.1) is 18.4 Å². The lowest BCUT2D eigenvalue weighted by atomic mass is 10.2. The fourth-order valence-electron chi connectivity index (χ4n) is 1.63. The van der Waals surface area contributed by atoms with Crippen molar-refractivity contribution in [1.82, 2.24) is 10.7 Å². The van der Waals surface area contributed by atoms with Gasteiger partial charge >= 0.3 is 0 Å². The minimum absolute atomic E-state index is 0.120. The zero-order valence-corrected chi connectivity index (χ0v) is 11.8. The van der Waals surface area contributed by atoms with Gasteiger partial charge in [-0.15, -0.1) is 0 Å². The van der Waals surface area contributed by atoms with Gasteiger partial charge in [-0.2, -0.15) is 5.10 Å². The van der Waals surface area contributed by atoms with E-state index in [2.05, 4.69) is 15.8 Å². The Bertz CT molecular complexity index is 696. The SMILES string of the molecule is C/C(=N/NC(=O)CNC(=O)c1ccccc1F)c1ccco1. The molecule has 1 aromatic carbocycles. The van der Waals surface area contributed by atoms with Crippen LogP contribution in [-0.4, -0.2) is 24.1 Å². The summed E-state index contributed by atoms with van der Waals surface area (Å²) in [5, 5.41) is 6.15. The first-order valence-electron chi connectivity index (χ1n) is 6.47. The molecule has 1 aromatic heterocycles. The molecule has 0 fully saturated rings. The Kier molecular flexibility index (Phi) is 5.02. The minimum Gasteiger partial charge on any atom is -0.463 e. The van der Waals surface area contributed by atoms with Crippen molar-refractivity contribution in [1.29, 1.82) is 0 Å². The van der Waals surface area contributed by atoms with Crippen molar-refractivity contribution >= 4 is 17.5 Å². The number of nitrogens with one attached hydrogen (secondary N) is 2. The summed E-state index contributed by atoms with van der Waals surface area (Å²) in [6, 6.07) is 8.92. The second-order valence-corrected chi connectivity index (χ2v) is 4.37. The van der Waals surface area contributed by atoms with E-state index in [1.165, 1.54) is 30.5 Å². The van der Waals surface area contributed by atoms with E-state index < -0.39 is 17.6 Å². The number of halogens is 1. The number of benzene rings is 1. The van der Waals surface area contributed by atoms with Gasteiger partial charge in [0.15, 0.2) is 0 Å². The van der Waals surface area contributed by atoms with E-state index in [9.17, 15) is 14.0 Å². The molecule has 2 aromatic rings. The summed E-state index contributed by atoms with van der Waals surface area (Å²) < 4.78 is 18.5. The van der Waals surface area contributed by atoms with Crippen LogP contribution >= 0.6 is 0 Å². The number of nitrogens with zero attached hydrogens (tertiary/aromatic N) is 1. The normalized spacial score (nSPS) is 11.1. The number of carbonyl (C=O) groups is 2. The number of hydrogen-bond acceptors (Lipinski definition) is 4. The maximum absolute atomic E-state index is 13.4. The summed E-state index contributed by atoms with van der Waals surface area (Å²) in [5.74, 6) is -1.32. The Hall–Kier alpha value is -2.96. The fraction of sp³-hybridized carbons (Fsp3) is 0.133. The zero-order chi connectivity index (χ0) is 15.9. The Labute approximate surface area is 126 Å². The predicted molar refractivity (Wildman–Crippen MR) is 77.8 cm³/mol. The number of carbonyl (C=O) groups excluding carboxylic acids is 2. The van der Waals surface area contributed by atoms with Crippen LogP contribution in [0.4, 0.5) is 4.39 Å². The Morgan fingerprint density at radius 3 is 2.68 bits per heavy atom. The summed E-state index contributed by atoms with van der Waals surface area (Å²) in [5.41, 5.74) is 2.64. The maximum Gasteiger partial charge on any atom is 0.259 e. The lowest BCUT2D eigenvalue weighted by Crippen LogP contribution is -2.35. The second kappa shape index (κ2) is 7.16.